The van der Waals surface area contributed by atoms with Gasteiger partial charge in [-0.2, -0.15) is 0 Å². The molecule has 0 atom stereocenters. The first kappa shape index (κ1) is 12.6. The third kappa shape index (κ3) is 3.14. The Labute approximate surface area is 118 Å². The molecule has 1 aromatic heterocycles. The second kappa shape index (κ2) is 5.72. The third-order valence-electron chi connectivity index (χ3n) is 3.48. The standard InChI is InChI=1S/C15H19N3S/c1-11-3-2-4-12(9-11)14-10-19-15(18-14)17-13-5-7-16-8-6-13/h2-4,9-10,13,16H,5-8H2,1H3,(H,17,18). The molecule has 2 N–H and O–H groups in total. The van der Waals surface area contributed by atoms with Gasteiger partial charge in [-0.05, 0) is 38.9 Å². The molecule has 0 radical (unpaired) electrons. The highest BCUT2D eigenvalue weighted by Gasteiger charge is 2.14. The summed E-state index contributed by atoms with van der Waals surface area (Å²) in [6, 6.07) is 9.08. The number of aryl methyl sites for hydroxylation is 1. The lowest BCUT2D eigenvalue weighted by Gasteiger charge is -2.23. The van der Waals surface area contributed by atoms with Gasteiger partial charge >= 0.3 is 0 Å². The van der Waals surface area contributed by atoms with E-state index in [-0.39, 0.29) is 0 Å². The monoisotopic (exact) mass is 273 g/mol. The largest absolute Gasteiger partial charge is 0.359 e. The topological polar surface area (TPSA) is 37.0 Å². The first-order valence-corrected chi connectivity index (χ1v) is 7.69. The van der Waals surface area contributed by atoms with Gasteiger partial charge in [-0.1, -0.05) is 23.8 Å². The summed E-state index contributed by atoms with van der Waals surface area (Å²) in [4.78, 5) is 4.70. The molecule has 1 aliphatic heterocycles. The number of thiazole rings is 1. The molecule has 2 aromatic rings. The molecule has 1 aliphatic rings. The second-order valence-corrected chi connectivity index (χ2v) is 5.93. The lowest BCUT2D eigenvalue weighted by atomic mass is 10.1. The minimum Gasteiger partial charge on any atom is -0.359 e. The van der Waals surface area contributed by atoms with Gasteiger partial charge in [0, 0.05) is 17.0 Å². The van der Waals surface area contributed by atoms with E-state index in [2.05, 4.69) is 47.2 Å². The van der Waals surface area contributed by atoms with Crippen molar-refractivity contribution in [2.75, 3.05) is 18.4 Å². The first-order chi connectivity index (χ1) is 9.31. The van der Waals surface area contributed by atoms with Crippen LogP contribution in [0.15, 0.2) is 29.6 Å². The van der Waals surface area contributed by atoms with Crippen LogP contribution in [0.4, 0.5) is 5.13 Å². The van der Waals surface area contributed by atoms with Crippen molar-refractivity contribution in [2.45, 2.75) is 25.8 Å². The van der Waals surface area contributed by atoms with Crippen LogP contribution < -0.4 is 10.6 Å². The van der Waals surface area contributed by atoms with Crippen LogP contribution in [0.2, 0.25) is 0 Å². The molecule has 1 saturated heterocycles. The second-order valence-electron chi connectivity index (χ2n) is 5.08. The number of hydrogen-bond acceptors (Lipinski definition) is 4. The predicted octanol–water partition coefficient (Wildman–Crippen LogP) is 3.28. The molecule has 100 valence electrons. The van der Waals surface area contributed by atoms with Crippen LogP contribution in [0.1, 0.15) is 18.4 Å². The fraction of sp³-hybridized carbons (Fsp3) is 0.400. The molecule has 0 unspecified atom stereocenters. The van der Waals surface area contributed by atoms with Gasteiger partial charge in [0.25, 0.3) is 0 Å². The van der Waals surface area contributed by atoms with Crippen molar-refractivity contribution in [1.82, 2.24) is 10.3 Å². The summed E-state index contributed by atoms with van der Waals surface area (Å²) < 4.78 is 0. The molecule has 3 nitrogen and oxygen atoms in total. The molecule has 0 spiro atoms. The molecule has 0 saturated carbocycles. The maximum Gasteiger partial charge on any atom is 0.183 e. The highest BCUT2D eigenvalue weighted by atomic mass is 32.1. The number of anilines is 1. The van der Waals surface area contributed by atoms with Crippen molar-refractivity contribution in [3.05, 3.63) is 35.2 Å². The molecule has 1 fully saturated rings. The van der Waals surface area contributed by atoms with Crippen LogP contribution in [0.25, 0.3) is 11.3 Å². The van der Waals surface area contributed by atoms with Gasteiger partial charge in [0.1, 0.15) is 0 Å². The Morgan fingerprint density at radius 2 is 2.16 bits per heavy atom. The smallest absolute Gasteiger partial charge is 0.183 e. The zero-order valence-corrected chi connectivity index (χ0v) is 12.0. The Hall–Kier alpha value is -1.39. The van der Waals surface area contributed by atoms with Crippen molar-refractivity contribution < 1.29 is 0 Å². The Bertz CT molecular complexity index is 544. The summed E-state index contributed by atoms with van der Waals surface area (Å²) in [6.45, 7) is 4.33. The summed E-state index contributed by atoms with van der Waals surface area (Å²) in [5, 5.41) is 10.1. The molecule has 4 heteroatoms. The van der Waals surface area contributed by atoms with Crippen LogP contribution in [0, 0.1) is 6.92 Å². The number of benzene rings is 1. The van der Waals surface area contributed by atoms with Crippen LogP contribution in [-0.4, -0.2) is 24.1 Å². The van der Waals surface area contributed by atoms with Crippen LogP contribution in [0.3, 0.4) is 0 Å². The summed E-state index contributed by atoms with van der Waals surface area (Å²) in [5.41, 5.74) is 3.55. The van der Waals surface area contributed by atoms with Gasteiger partial charge in [0.2, 0.25) is 0 Å². The summed E-state index contributed by atoms with van der Waals surface area (Å²) in [5.74, 6) is 0. The maximum absolute atomic E-state index is 4.70. The average molecular weight is 273 g/mol. The van der Waals surface area contributed by atoms with E-state index < -0.39 is 0 Å². The Balaban J connectivity index is 1.72. The highest BCUT2D eigenvalue weighted by molar-refractivity contribution is 7.14. The fourth-order valence-corrected chi connectivity index (χ4v) is 3.22. The Kier molecular flexibility index (Phi) is 3.80. The average Bonchev–Trinajstić information content (AvgIpc) is 2.88. The molecule has 3 rings (SSSR count). The Morgan fingerprint density at radius 1 is 1.32 bits per heavy atom. The van der Waals surface area contributed by atoms with Gasteiger partial charge in [-0.3, -0.25) is 0 Å². The molecular formula is C15H19N3S. The van der Waals surface area contributed by atoms with E-state index in [4.69, 9.17) is 4.98 Å². The SMILES string of the molecule is Cc1cccc(-c2csc(NC3CCNCC3)n2)c1. The van der Waals surface area contributed by atoms with E-state index in [1.165, 1.54) is 24.0 Å². The summed E-state index contributed by atoms with van der Waals surface area (Å²) >= 11 is 1.70. The van der Waals surface area contributed by atoms with Crippen molar-refractivity contribution >= 4 is 16.5 Å². The number of rotatable bonds is 3. The lowest BCUT2D eigenvalue weighted by molar-refractivity contribution is 0.479. The van der Waals surface area contributed by atoms with Gasteiger partial charge in [-0.15, -0.1) is 11.3 Å². The number of hydrogen-bond donors (Lipinski definition) is 2. The quantitative estimate of drug-likeness (QED) is 0.901. The van der Waals surface area contributed by atoms with Gasteiger partial charge in [0.15, 0.2) is 5.13 Å². The van der Waals surface area contributed by atoms with Crippen LogP contribution in [0.5, 0.6) is 0 Å². The Morgan fingerprint density at radius 3 is 2.95 bits per heavy atom. The minimum absolute atomic E-state index is 0.567. The maximum atomic E-state index is 4.70. The van der Waals surface area contributed by atoms with Crippen molar-refractivity contribution in [1.29, 1.82) is 0 Å². The fourth-order valence-electron chi connectivity index (χ4n) is 2.42. The number of nitrogens with zero attached hydrogens (tertiary/aromatic N) is 1. The summed E-state index contributed by atoms with van der Waals surface area (Å²) in [7, 11) is 0. The van der Waals surface area contributed by atoms with E-state index in [0.717, 1.165) is 23.9 Å². The van der Waals surface area contributed by atoms with Gasteiger partial charge < -0.3 is 10.6 Å². The van der Waals surface area contributed by atoms with E-state index in [9.17, 15) is 0 Å². The number of aromatic nitrogens is 1. The first-order valence-electron chi connectivity index (χ1n) is 6.81. The molecule has 0 aliphatic carbocycles. The third-order valence-corrected chi connectivity index (χ3v) is 4.26. The van der Waals surface area contributed by atoms with E-state index in [1.807, 2.05) is 0 Å². The zero-order valence-electron chi connectivity index (χ0n) is 11.1. The number of piperidine rings is 1. The van der Waals surface area contributed by atoms with Crippen molar-refractivity contribution in [3.63, 3.8) is 0 Å². The van der Waals surface area contributed by atoms with Gasteiger partial charge in [-0.25, -0.2) is 4.98 Å². The normalized spacial score (nSPS) is 16.5. The zero-order chi connectivity index (χ0) is 13.1. The lowest BCUT2D eigenvalue weighted by Crippen LogP contribution is -2.35. The molecular weight excluding hydrogens is 254 g/mol. The van der Waals surface area contributed by atoms with Crippen molar-refractivity contribution in [2.24, 2.45) is 0 Å². The highest BCUT2D eigenvalue weighted by Crippen LogP contribution is 2.26. The molecule has 1 aromatic carbocycles. The summed E-state index contributed by atoms with van der Waals surface area (Å²) in [6.07, 6.45) is 2.36. The van der Waals surface area contributed by atoms with Gasteiger partial charge in [0.05, 0.1) is 5.69 Å². The molecule has 0 bridgehead atoms. The van der Waals surface area contributed by atoms with Crippen LogP contribution in [-0.2, 0) is 0 Å². The minimum atomic E-state index is 0.567. The van der Waals surface area contributed by atoms with E-state index >= 15 is 0 Å². The van der Waals surface area contributed by atoms with Crippen molar-refractivity contribution in [3.8, 4) is 11.3 Å². The predicted molar refractivity (Wildman–Crippen MR) is 81.8 cm³/mol. The number of nitrogens with one attached hydrogen (secondary N) is 2. The molecule has 0 amide bonds. The molecule has 19 heavy (non-hydrogen) atoms. The van der Waals surface area contributed by atoms with Crippen LogP contribution >= 0.6 is 11.3 Å². The van der Waals surface area contributed by atoms with E-state index in [1.54, 1.807) is 11.3 Å². The van der Waals surface area contributed by atoms with E-state index in [0.29, 0.717) is 6.04 Å². The molecule has 2 heterocycles.